The zero-order valence-corrected chi connectivity index (χ0v) is 7.13. The van der Waals surface area contributed by atoms with Crippen LogP contribution >= 0.6 is 0 Å². The Hall–Kier alpha value is -0.120. The SMILES string of the molecule is CC(CO)C(C)(O)N(C)C. The highest BCUT2D eigenvalue weighted by Crippen LogP contribution is 2.17. The predicted molar refractivity (Wildman–Crippen MR) is 40.6 cm³/mol. The van der Waals surface area contributed by atoms with Crippen LogP contribution in [0.1, 0.15) is 13.8 Å². The third kappa shape index (κ3) is 1.94. The molecule has 0 heterocycles. The van der Waals surface area contributed by atoms with Crippen molar-refractivity contribution in [2.75, 3.05) is 20.7 Å². The third-order valence-corrected chi connectivity index (χ3v) is 2.11. The summed E-state index contributed by atoms with van der Waals surface area (Å²) >= 11 is 0. The van der Waals surface area contributed by atoms with Gasteiger partial charge in [-0.3, -0.25) is 4.90 Å². The summed E-state index contributed by atoms with van der Waals surface area (Å²) in [5.74, 6) is -0.123. The largest absolute Gasteiger partial charge is 0.396 e. The first-order valence-electron chi connectivity index (χ1n) is 3.43. The van der Waals surface area contributed by atoms with Crippen LogP contribution in [0.25, 0.3) is 0 Å². The molecule has 0 fully saturated rings. The Balaban J connectivity index is 4.09. The number of rotatable bonds is 3. The third-order valence-electron chi connectivity index (χ3n) is 2.11. The van der Waals surface area contributed by atoms with Gasteiger partial charge in [-0.15, -0.1) is 0 Å². The molecule has 0 bridgehead atoms. The lowest BCUT2D eigenvalue weighted by Crippen LogP contribution is -2.47. The maximum atomic E-state index is 9.63. The highest BCUT2D eigenvalue weighted by Gasteiger charge is 2.29. The summed E-state index contributed by atoms with van der Waals surface area (Å²) in [6.45, 7) is 3.50. The first-order valence-corrected chi connectivity index (χ1v) is 3.43. The van der Waals surface area contributed by atoms with Crippen LogP contribution in [0.15, 0.2) is 0 Å². The fourth-order valence-electron chi connectivity index (χ4n) is 0.614. The second-order valence-electron chi connectivity index (χ2n) is 3.07. The Morgan fingerprint density at radius 1 is 1.50 bits per heavy atom. The molecule has 0 radical (unpaired) electrons. The molecule has 2 N–H and O–H groups in total. The molecule has 10 heavy (non-hydrogen) atoms. The second-order valence-corrected chi connectivity index (χ2v) is 3.07. The molecule has 0 saturated carbocycles. The van der Waals surface area contributed by atoms with E-state index in [-0.39, 0.29) is 12.5 Å². The van der Waals surface area contributed by atoms with Crippen molar-refractivity contribution in [3.63, 3.8) is 0 Å². The summed E-state index contributed by atoms with van der Waals surface area (Å²) in [6, 6.07) is 0. The van der Waals surface area contributed by atoms with Crippen molar-refractivity contribution in [3.05, 3.63) is 0 Å². The molecule has 0 aromatic carbocycles. The fraction of sp³-hybridized carbons (Fsp3) is 1.00. The summed E-state index contributed by atoms with van der Waals surface area (Å²) in [5.41, 5.74) is -0.908. The normalized spacial score (nSPS) is 20.7. The molecule has 0 saturated heterocycles. The van der Waals surface area contributed by atoms with Gasteiger partial charge in [0.05, 0.1) is 0 Å². The van der Waals surface area contributed by atoms with Crippen LogP contribution in [0.4, 0.5) is 0 Å². The molecule has 2 atom stereocenters. The molecule has 0 aliphatic heterocycles. The van der Waals surface area contributed by atoms with Crippen molar-refractivity contribution in [2.24, 2.45) is 5.92 Å². The van der Waals surface area contributed by atoms with Gasteiger partial charge >= 0.3 is 0 Å². The van der Waals surface area contributed by atoms with E-state index in [1.54, 1.807) is 32.8 Å². The summed E-state index contributed by atoms with van der Waals surface area (Å²) in [4.78, 5) is 1.69. The molecule has 3 nitrogen and oxygen atoms in total. The number of aliphatic hydroxyl groups is 2. The molecule has 0 aromatic rings. The van der Waals surface area contributed by atoms with Crippen LogP contribution in [-0.2, 0) is 0 Å². The van der Waals surface area contributed by atoms with Crippen molar-refractivity contribution in [1.82, 2.24) is 4.90 Å². The van der Waals surface area contributed by atoms with E-state index in [2.05, 4.69) is 0 Å². The number of hydrogen-bond donors (Lipinski definition) is 2. The van der Waals surface area contributed by atoms with Gasteiger partial charge in [0.1, 0.15) is 5.72 Å². The minimum absolute atomic E-state index is 0.00514. The quantitative estimate of drug-likeness (QED) is 0.547. The molecule has 0 rings (SSSR count). The maximum Gasteiger partial charge on any atom is 0.119 e. The maximum absolute atomic E-state index is 9.63. The number of hydrogen-bond acceptors (Lipinski definition) is 3. The summed E-state index contributed by atoms with van der Waals surface area (Å²) in [5, 5.41) is 18.4. The van der Waals surface area contributed by atoms with Crippen LogP contribution in [0.5, 0.6) is 0 Å². The zero-order chi connectivity index (χ0) is 8.36. The number of nitrogens with zero attached hydrogens (tertiary/aromatic N) is 1. The van der Waals surface area contributed by atoms with Gasteiger partial charge in [0.15, 0.2) is 0 Å². The molecule has 0 aliphatic rings. The first kappa shape index (κ1) is 9.88. The van der Waals surface area contributed by atoms with E-state index in [4.69, 9.17) is 5.11 Å². The van der Waals surface area contributed by atoms with Crippen molar-refractivity contribution >= 4 is 0 Å². The van der Waals surface area contributed by atoms with Gasteiger partial charge in [-0.25, -0.2) is 0 Å². The Morgan fingerprint density at radius 3 is 2.00 bits per heavy atom. The molecular formula is C7H17NO2. The highest BCUT2D eigenvalue weighted by molar-refractivity contribution is 4.74. The molecular weight excluding hydrogens is 130 g/mol. The Bertz CT molecular complexity index is 102. The minimum Gasteiger partial charge on any atom is -0.396 e. The fourth-order valence-corrected chi connectivity index (χ4v) is 0.614. The van der Waals surface area contributed by atoms with E-state index in [9.17, 15) is 5.11 Å². The van der Waals surface area contributed by atoms with E-state index >= 15 is 0 Å². The standard InChI is InChI=1S/C7H17NO2/c1-6(5-9)7(2,10)8(3)4/h6,9-10H,5H2,1-4H3. The second kappa shape index (κ2) is 3.32. The Morgan fingerprint density at radius 2 is 1.90 bits per heavy atom. The van der Waals surface area contributed by atoms with E-state index < -0.39 is 5.72 Å². The number of aliphatic hydroxyl groups excluding tert-OH is 1. The zero-order valence-electron chi connectivity index (χ0n) is 7.13. The minimum atomic E-state index is -0.908. The summed E-state index contributed by atoms with van der Waals surface area (Å²) in [7, 11) is 3.57. The van der Waals surface area contributed by atoms with Crippen LogP contribution in [0, 0.1) is 5.92 Å². The van der Waals surface area contributed by atoms with Gasteiger partial charge in [-0.05, 0) is 21.0 Å². The highest BCUT2D eigenvalue weighted by atomic mass is 16.3. The predicted octanol–water partition coefficient (Wildman–Crippen LogP) is -0.115. The average molecular weight is 147 g/mol. The van der Waals surface area contributed by atoms with Crippen LogP contribution in [0.2, 0.25) is 0 Å². The summed E-state index contributed by atoms with van der Waals surface area (Å²) in [6.07, 6.45) is 0. The topological polar surface area (TPSA) is 43.7 Å². The van der Waals surface area contributed by atoms with E-state index in [0.717, 1.165) is 0 Å². The molecule has 3 heteroatoms. The smallest absolute Gasteiger partial charge is 0.119 e. The lowest BCUT2D eigenvalue weighted by atomic mass is 10.00. The van der Waals surface area contributed by atoms with Gasteiger partial charge in [0, 0.05) is 12.5 Å². The van der Waals surface area contributed by atoms with Crippen LogP contribution in [0.3, 0.4) is 0 Å². The van der Waals surface area contributed by atoms with Gasteiger partial charge < -0.3 is 10.2 Å². The van der Waals surface area contributed by atoms with Gasteiger partial charge in [-0.2, -0.15) is 0 Å². The van der Waals surface area contributed by atoms with E-state index in [0.29, 0.717) is 0 Å². The van der Waals surface area contributed by atoms with Crippen molar-refractivity contribution in [3.8, 4) is 0 Å². The first-order chi connectivity index (χ1) is 4.42. The molecule has 0 spiro atoms. The molecule has 0 aromatic heterocycles. The molecule has 2 unspecified atom stereocenters. The lowest BCUT2D eigenvalue weighted by molar-refractivity contribution is -0.118. The average Bonchev–Trinajstić information content (AvgIpc) is 1.86. The van der Waals surface area contributed by atoms with Crippen molar-refractivity contribution < 1.29 is 10.2 Å². The van der Waals surface area contributed by atoms with Crippen LogP contribution in [-0.4, -0.2) is 41.5 Å². The van der Waals surface area contributed by atoms with Gasteiger partial charge in [0.2, 0.25) is 0 Å². The Kier molecular flexibility index (Phi) is 3.28. The van der Waals surface area contributed by atoms with E-state index in [1.165, 1.54) is 0 Å². The van der Waals surface area contributed by atoms with Gasteiger partial charge in [-0.1, -0.05) is 6.92 Å². The van der Waals surface area contributed by atoms with Crippen molar-refractivity contribution in [1.29, 1.82) is 0 Å². The van der Waals surface area contributed by atoms with Crippen molar-refractivity contribution in [2.45, 2.75) is 19.6 Å². The molecule has 0 amide bonds. The van der Waals surface area contributed by atoms with E-state index in [1.807, 2.05) is 0 Å². The molecule has 0 aliphatic carbocycles. The summed E-state index contributed by atoms with van der Waals surface area (Å²) < 4.78 is 0. The monoisotopic (exact) mass is 147 g/mol. The van der Waals surface area contributed by atoms with Crippen LogP contribution < -0.4 is 0 Å². The Labute approximate surface area is 62.3 Å². The molecule has 62 valence electrons. The van der Waals surface area contributed by atoms with Gasteiger partial charge in [0.25, 0.3) is 0 Å². The lowest BCUT2D eigenvalue weighted by Gasteiger charge is -2.35.